The van der Waals surface area contributed by atoms with E-state index < -0.39 is 0 Å². The SMILES string of the molecule is CN1N=C(C(=O)N2CCCC(CCc3ccccc3)C2)CCC1=O. The number of amides is 2. The third kappa shape index (κ3) is 4.02. The Morgan fingerprint density at radius 1 is 1.25 bits per heavy atom. The second-order valence-corrected chi connectivity index (χ2v) is 6.75. The maximum Gasteiger partial charge on any atom is 0.270 e. The first-order valence-electron chi connectivity index (χ1n) is 8.80. The third-order valence-corrected chi connectivity index (χ3v) is 4.94. The summed E-state index contributed by atoms with van der Waals surface area (Å²) in [6, 6.07) is 10.5. The van der Waals surface area contributed by atoms with Gasteiger partial charge in [-0.3, -0.25) is 9.59 Å². The molecule has 1 aromatic rings. The van der Waals surface area contributed by atoms with Crippen LogP contribution in [0.5, 0.6) is 0 Å². The molecule has 2 heterocycles. The predicted octanol–water partition coefficient (Wildman–Crippen LogP) is 2.47. The fraction of sp³-hybridized carbons (Fsp3) is 0.526. The molecule has 0 saturated carbocycles. The molecule has 5 nitrogen and oxygen atoms in total. The molecular weight excluding hydrogens is 302 g/mol. The summed E-state index contributed by atoms with van der Waals surface area (Å²) in [6.07, 6.45) is 5.25. The summed E-state index contributed by atoms with van der Waals surface area (Å²) in [6.45, 7) is 1.61. The van der Waals surface area contributed by atoms with E-state index in [-0.39, 0.29) is 11.8 Å². The summed E-state index contributed by atoms with van der Waals surface area (Å²) in [4.78, 5) is 26.1. The molecule has 128 valence electrons. The highest BCUT2D eigenvalue weighted by Crippen LogP contribution is 2.22. The zero-order valence-corrected chi connectivity index (χ0v) is 14.3. The van der Waals surface area contributed by atoms with Gasteiger partial charge in [-0.1, -0.05) is 30.3 Å². The minimum absolute atomic E-state index is 0.0127. The molecule has 0 aliphatic carbocycles. The lowest BCUT2D eigenvalue weighted by atomic mass is 9.91. The van der Waals surface area contributed by atoms with Gasteiger partial charge in [-0.15, -0.1) is 0 Å². The van der Waals surface area contributed by atoms with E-state index in [0.29, 0.717) is 24.5 Å². The Morgan fingerprint density at radius 3 is 2.79 bits per heavy atom. The lowest BCUT2D eigenvalue weighted by molar-refractivity contribution is -0.131. The van der Waals surface area contributed by atoms with Crippen molar-refractivity contribution in [1.82, 2.24) is 9.91 Å². The summed E-state index contributed by atoms with van der Waals surface area (Å²) in [7, 11) is 1.62. The fourth-order valence-electron chi connectivity index (χ4n) is 3.51. The van der Waals surface area contributed by atoms with E-state index in [1.807, 2.05) is 11.0 Å². The van der Waals surface area contributed by atoms with E-state index in [4.69, 9.17) is 0 Å². The number of carbonyl (C=O) groups is 2. The van der Waals surface area contributed by atoms with Gasteiger partial charge in [0, 0.05) is 33.0 Å². The van der Waals surface area contributed by atoms with Gasteiger partial charge >= 0.3 is 0 Å². The first-order valence-corrected chi connectivity index (χ1v) is 8.80. The van der Waals surface area contributed by atoms with E-state index in [0.717, 1.165) is 32.4 Å². The van der Waals surface area contributed by atoms with E-state index in [2.05, 4.69) is 29.4 Å². The highest BCUT2D eigenvalue weighted by molar-refractivity contribution is 6.39. The Morgan fingerprint density at radius 2 is 2.04 bits per heavy atom. The minimum atomic E-state index is -0.0223. The number of aryl methyl sites for hydroxylation is 1. The molecule has 1 atom stereocenters. The smallest absolute Gasteiger partial charge is 0.270 e. The van der Waals surface area contributed by atoms with Crippen molar-refractivity contribution >= 4 is 17.5 Å². The van der Waals surface area contributed by atoms with Crippen molar-refractivity contribution in [3.8, 4) is 0 Å². The van der Waals surface area contributed by atoms with Crippen molar-refractivity contribution in [3.63, 3.8) is 0 Å². The Hall–Kier alpha value is -2.17. The van der Waals surface area contributed by atoms with Gasteiger partial charge in [0.05, 0.1) is 0 Å². The van der Waals surface area contributed by atoms with Crippen LogP contribution in [0.25, 0.3) is 0 Å². The molecule has 0 N–H and O–H groups in total. The van der Waals surface area contributed by atoms with Crippen LogP contribution < -0.4 is 0 Å². The van der Waals surface area contributed by atoms with Crippen LogP contribution in [0.4, 0.5) is 0 Å². The molecule has 2 amide bonds. The molecule has 0 aromatic heterocycles. The first kappa shape index (κ1) is 16.7. The normalized spacial score (nSPS) is 21.6. The lowest BCUT2D eigenvalue weighted by Gasteiger charge is -2.34. The largest absolute Gasteiger partial charge is 0.337 e. The Bertz CT molecular complexity index is 627. The van der Waals surface area contributed by atoms with Gasteiger partial charge in [0.2, 0.25) is 5.91 Å². The molecule has 2 aliphatic rings. The zero-order valence-electron chi connectivity index (χ0n) is 14.3. The van der Waals surface area contributed by atoms with Gasteiger partial charge in [-0.05, 0) is 37.2 Å². The predicted molar refractivity (Wildman–Crippen MR) is 93.5 cm³/mol. The second kappa shape index (κ2) is 7.60. The first-order chi connectivity index (χ1) is 11.6. The molecule has 0 bridgehead atoms. The highest BCUT2D eigenvalue weighted by atomic mass is 16.2. The molecule has 1 saturated heterocycles. The van der Waals surface area contributed by atoms with Crippen LogP contribution >= 0.6 is 0 Å². The van der Waals surface area contributed by atoms with Crippen LogP contribution in [0, 0.1) is 5.92 Å². The Balaban J connectivity index is 1.56. The van der Waals surface area contributed by atoms with Gasteiger partial charge in [0.25, 0.3) is 5.91 Å². The molecule has 2 aliphatic heterocycles. The van der Waals surface area contributed by atoms with E-state index in [9.17, 15) is 9.59 Å². The van der Waals surface area contributed by atoms with Crippen LogP contribution in [-0.4, -0.2) is 47.6 Å². The Kier molecular flexibility index (Phi) is 5.28. The maximum absolute atomic E-state index is 12.7. The minimum Gasteiger partial charge on any atom is -0.337 e. The molecular formula is C19H25N3O2. The third-order valence-electron chi connectivity index (χ3n) is 4.94. The van der Waals surface area contributed by atoms with E-state index in [1.54, 1.807) is 7.05 Å². The summed E-state index contributed by atoms with van der Waals surface area (Å²) < 4.78 is 0. The van der Waals surface area contributed by atoms with Crippen molar-refractivity contribution in [3.05, 3.63) is 35.9 Å². The fourth-order valence-corrected chi connectivity index (χ4v) is 3.51. The van der Waals surface area contributed by atoms with Crippen molar-refractivity contribution in [1.29, 1.82) is 0 Å². The molecule has 1 fully saturated rings. The average molecular weight is 327 g/mol. The van der Waals surface area contributed by atoms with Gasteiger partial charge in [0.1, 0.15) is 5.71 Å². The zero-order chi connectivity index (χ0) is 16.9. The molecule has 1 unspecified atom stereocenters. The molecule has 0 radical (unpaired) electrons. The van der Waals surface area contributed by atoms with Crippen LogP contribution in [0.3, 0.4) is 0 Å². The maximum atomic E-state index is 12.7. The number of hydrogen-bond donors (Lipinski definition) is 0. The Labute approximate surface area is 143 Å². The number of piperidine rings is 1. The number of likely N-dealkylation sites (tertiary alicyclic amines) is 1. The molecule has 1 aromatic carbocycles. The van der Waals surface area contributed by atoms with Crippen molar-refractivity contribution in [2.45, 2.75) is 38.5 Å². The summed E-state index contributed by atoms with van der Waals surface area (Å²) in [5.41, 5.74) is 1.89. The molecule has 24 heavy (non-hydrogen) atoms. The number of benzene rings is 1. The monoisotopic (exact) mass is 327 g/mol. The summed E-state index contributed by atoms with van der Waals surface area (Å²) >= 11 is 0. The van der Waals surface area contributed by atoms with Crippen LogP contribution in [0.15, 0.2) is 35.4 Å². The topological polar surface area (TPSA) is 53.0 Å². The molecule has 5 heteroatoms. The van der Waals surface area contributed by atoms with Gasteiger partial charge in [-0.2, -0.15) is 5.10 Å². The molecule has 3 rings (SSSR count). The van der Waals surface area contributed by atoms with Gasteiger partial charge in [-0.25, -0.2) is 5.01 Å². The summed E-state index contributed by atoms with van der Waals surface area (Å²) in [5, 5.41) is 5.47. The van der Waals surface area contributed by atoms with E-state index in [1.165, 1.54) is 17.0 Å². The molecule has 0 spiro atoms. The average Bonchev–Trinajstić information content (AvgIpc) is 2.63. The van der Waals surface area contributed by atoms with Crippen molar-refractivity contribution in [2.75, 3.05) is 20.1 Å². The standard InChI is InChI=1S/C19H25N3O2/c1-21-18(23)12-11-17(20-21)19(24)22-13-5-8-16(14-22)10-9-15-6-3-2-4-7-15/h2-4,6-7,16H,5,8-14H2,1H3. The summed E-state index contributed by atoms with van der Waals surface area (Å²) in [5.74, 6) is 0.538. The number of hydrazone groups is 1. The van der Waals surface area contributed by atoms with E-state index >= 15 is 0 Å². The van der Waals surface area contributed by atoms with Crippen molar-refractivity contribution in [2.24, 2.45) is 11.0 Å². The lowest BCUT2D eigenvalue weighted by Crippen LogP contribution is -2.45. The van der Waals surface area contributed by atoms with Gasteiger partial charge < -0.3 is 4.90 Å². The van der Waals surface area contributed by atoms with Crippen LogP contribution in [-0.2, 0) is 16.0 Å². The number of rotatable bonds is 4. The quantitative estimate of drug-likeness (QED) is 0.853. The van der Waals surface area contributed by atoms with Crippen LogP contribution in [0.1, 0.15) is 37.7 Å². The van der Waals surface area contributed by atoms with Gasteiger partial charge in [0.15, 0.2) is 0 Å². The number of carbonyl (C=O) groups excluding carboxylic acids is 2. The highest BCUT2D eigenvalue weighted by Gasteiger charge is 2.29. The number of nitrogens with zero attached hydrogens (tertiary/aromatic N) is 3. The van der Waals surface area contributed by atoms with Crippen molar-refractivity contribution < 1.29 is 9.59 Å². The van der Waals surface area contributed by atoms with Crippen LogP contribution in [0.2, 0.25) is 0 Å². The second-order valence-electron chi connectivity index (χ2n) is 6.75. The number of hydrogen-bond acceptors (Lipinski definition) is 3.